The highest BCUT2D eigenvalue weighted by Crippen LogP contribution is 2.26. The molecule has 0 spiro atoms. The van der Waals surface area contributed by atoms with E-state index in [1.165, 1.54) is 12.1 Å². The van der Waals surface area contributed by atoms with E-state index in [9.17, 15) is 9.18 Å². The molecule has 0 radical (unpaired) electrons. The third-order valence-corrected chi connectivity index (χ3v) is 4.60. The van der Waals surface area contributed by atoms with Crippen molar-refractivity contribution >= 4 is 22.7 Å². The van der Waals surface area contributed by atoms with E-state index in [0.717, 1.165) is 12.8 Å². The summed E-state index contributed by atoms with van der Waals surface area (Å²) in [7, 11) is 0. The van der Waals surface area contributed by atoms with E-state index in [2.05, 4.69) is 17.2 Å². The Kier molecular flexibility index (Phi) is 5.75. The van der Waals surface area contributed by atoms with Gasteiger partial charge < -0.3 is 14.5 Å². The van der Waals surface area contributed by atoms with Crippen molar-refractivity contribution in [1.82, 2.24) is 4.98 Å². The molecule has 0 fully saturated rings. The number of rotatable bonds is 7. The number of benzene rings is 3. The number of fused-ring (bicyclic) bond motifs is 1. The molecule has 1 heterocycles. The van der Waals surface area contributed by atoms with Gasteiger partial charge >= 0.3 is 0 Å². The van der Waals surface area contributed by atoms with Crippen LogP contribution in [0.4, 0.5) is 10.1 Å². The van der Waals surface area contributed by atoms with Crippen LogP contribution in [0.2, 0.25) is 0 Å². The van der Waals surface area contributed by atoms with Gasteiger partial charge in [0.05, 0.1) is 6.61 Å². The quantitative estimate of drug-likeness (QED) is 0.380. The highest BCUT2D eigenvalue weighted by atomic mass is 19.1. The van der Waals surface area contributed by atoms with Crippen LogP contribution >= 0.6 is 0 Å². The first-order valence-corrected chi connectivity index (χ1v) is 9.83. The van der Waals surface area contributed by atoms with Gasteiger partial charge in [0.25, 0.3) is 5.91 Å². The summed E-state index contributed by atoms with van der Waals surface area (Å²) in [6, 6.07) is 18.3. The van der Waals surface area contributed by atoms with Crippen LogP contribution in [0.15, 0.2) is 71.1 Å². The van der Waals surface area contributed by atoms with Crippen LogP contribution in [-0.2, 0) is 0 Å². The van der Waals surface area contributed by atoms with Gasteiger partial charge in [0, 0.05) is 16.8 Å². The molecule has 1 N–H and O–H groups in total. The first-order chi connectivity index (χ1) is 14.6. The summed E-state index contributed by atoms with van der Waals surface area (Å²) in [5, 5.41) is 2.88. The minimum absolute atomic E-state index is 0.238. The van der Waals surface area contributed by atoms with E-state index in [1.54, 1.807) is 48.5 Å². The van der Waals surface area contributed by atoms with E-state index in [0.29, 0.717) is 46.2 Å². The molecule has 30 heavy (non-hydrogen) atoms. The average molecular weight is 404 g/mol. The second kappa shape index (κ2) is 8.78. The van der Waals surface area contributed by atoms with E-state index < -0.39 is 0 Å². The van der Waals surface area contributed by atoms with Crippen LogP contribution in [0, 0.1) is 5.82 Å². The first-order valence-electron chi connectivity index (χ1n) is 9.83. The predicted octanol–water partition coefficient (Wildman–Crippen LogP) is 6.07. The van der Waals surface area contributed by atoms with Crippen LogP contribution in [0.1, 0.15) is 30.1 Å². The fraction of sp³-hybridized carbons (Fsp3) is 0.167. The Morgan fingerprint density at radius 1 is 1.10 bits per heavy atom. The van der Waals surface area contributed by atoms with Crippen molar-refractivity contribution < 1.29 is 18.3 Å². The van der Waals surface area contributed by atoms with Crippen LogP contribution < -0.4 is 10.1 Å². The van der Waals surface area contributed by atoms with Crippen molar-refractivity contribution in [2.24, 2.45) is 0 Å². The Bertz CT molecular complexity index is 1170. The average Bonchev–Trinajstić information content (AvgIpc) is 3.18. The summed E-state index contributed by atoms with van der Waals surface area (Å²) in [4.78, 5) is 17.1. The number of aromatic nitrogens is 1. The third kappa shape index (κ3) is 4.49. The summed E-state index contributed by atoms with van der Waals surface area (Å²) < 4.78 is 24.5. The number of unbranched alkanes of at least 4 members (excludes halogenated alkanes) is 1. The van der Waals surface area contributed by atoms with Crippen molar-refractivity contribution in [1.29, 1.82) is 0 Å². The standard InChI is InChI=1S/C24H21FN2O3/c1-2-3-13-29-20-6-4-5-17(14-20)23(28)26-19-11-12-22-21(15-19)27-24(30-22)16-7-9-18(25)10-8-16/h4-12,14-15H,2-3,13H2,1H3,(H,26,28). The number of amides is 1. The SMILES string of the molecule is CCCCOc1cccc(C(=O)Nc2ccc3oc(-c4ccc(F)cc4)nc3c2)c1. The summed E-state index contributed by atoms with van der Waals surface area (Å²) in [6.07, 6.45) is 2.02. The largest absolute Gasteiger partial charge is 0.494 e. The molecule has 5 nitrogen and oxygen atoms in total. The molecular weight excluding hydrogens is 383 g/mol. The molecule has 0 aliphatic rings. The van der Waals surface area contributed by atoms with Crippen molar-refractivity contribution in [3.63, 3.8) is 0 Å². The molecular formula is C24H21FN2O3. The smallest absolute Gasteiger partial charge is 0.255 e. The molecule has 0 saturated heterocycles. The highest BCUT2D eigenvalue weighted by molar-refractivity contribution is 6.05. The van der Waals surface area contributed by atoms with Gasteiger partial charge in [0.2, 0.25) is 5.89 Å². The number of hydrogen-bond acceptors (Lipinski definition) is 4. The first kappa shape index (κ1) is 19.6. The zero-order chi connectivity index (χ0) is 20.9. The lowest BCUT2D eigenvalue weighted by atomic mass is 10.2. The molecule has 0 aliphatic carbocycles. The van der Waals surface area contributed by atoms with Crippen LogP contribution in [-0.4, -0.2) is 17.5 Å². The molecule has 3 aromatic carbocycles. The highest BCUT2D eigenvalue weighted by Gasteiger charge is 2.12. The van der Waals surface area contributed by atoms with Gasteiger partial charge in [-0.15, -0.1) is 0 Å². The molecule has 1 aromatic heterocycles. The lowest BCUT2D eigenvalue weighted by Crippen LogP contribution is -2.12. The molecule has 1 amide bonds. The summed E-state index contributed by atoms with van der Waals surface area (Å²) in [5.74, 6) is 0.509. The molecule has 0 unspecified atom stereocenters. The molecule has 152 valence electrons. The normalized spacial score (nSPS) is 10.9. The number of oxazole rings is 1. The Hall–Kier alpha value is -3.67. The van der Waals surface area contributed by atoms with Crippen LogP contribution in [0.5, 0.6) is 5.75 Å². The minimum Gasteiger partial charge on any atom is -0.494 e. The number of anilines is 1. The number of carbonyl (C=O) groups excluding carboxylic acids is 1. The van der Waals surface area contributed by atoms with E-state index >= 15 is 0 Å². The number of carbonyl (C=O) groups is 1. The van der Waals surface area contributed by atoms with Crippen LogP contribution in [0.25, 0.3) is 22.6 Å². The maximum atomic E-state index is 13.1. The van der Waals surface area contributed by atoms with Gasteiger partial charge in [-0.2, -0.15) is 0 Å². The van der Waals surface area contributed by atoms with Crippen LogP contribution in [0.3, 0.4) is 0 Å². The summed E-state index contributed by atoms with van der Waals surface area (Å²) in [6.45, 7) is 2.72. The molecule has 0 saturated carbocycles. The van der Waals surface area contributed by atoms with Gasteiger partial charge in [-0.25, -0.2) is 9.37 Å². The number of nitrogens with zero attached hydrogens (tertiary/aromatic N) is 1. The van der Waals surface area contributed by atoms with Gasteiger partial charge in [0.15, 0.2) is 5.58 Å². The summed E-state index contributed by atoms with van der Waals surface area (Å²) >= 11 is 0. The van der Waals surface area contributed by atoms with E-state index in [-0.39, 0.29) is 11.7 Å². The van der Waals surface area contributed by atoms with Crippen molar-refractivity contribution in [2.75, 3.05) is 11.9 Å². The molecule has 0 aliphatic heterocycles. The lowest BCUT2D eigenvalue weighted by Gasteiger charge is -2.08. The van der Waals surface area contributed by atoms with Gasteiger partial charge in [-0.05, 0) is 67.1 Å². The molecule has 6 heteroatoms. The van der Waals surface area contributed by atoms with Crippen molar-refractivity contribution in [2.45, 2.75) is 19.8 Å². The Labute approximate surface area is 173 Å². The maximum absolute atomic E-state index is 13.1. The molecule has 4 aromatic rings. The molecule has 4 rings (SSSR count). The number of hydrogen-bond donors (Lipinski definition) is 1. The fourth-order valence-corrected chi connectivity index (χ4v) is 2.99. The minimum atomic E-state index is -0.320. The Balaban J connectivity index is 1.50. The molecule has 0 bridgehead atoms. The van der Waals surface area contributed by atoms with Crippen molar-refractivity contribution in [3.8, 4) is 17.2 Å². The zero-order valence-electron chi connectivity index (χ0n) is 16.5. The summed E-state index contributed by atoms with van der Waals surface area (Å²) in [5.41, 5.74) is 2.97. The topological polar surface area (TPSA) is 64.4 Å². The lowest BCUT2D eigenvalue weighted by molar-refractivity contribution is 0.102. The van der Waals surface area contributed by atoms with Crippen molar-refractivity contribution in [3.05, 3.63) is 78.1 Å². The predicted molar refractivity (Wildman–Crippen MR) is 114 cm³/mol. The second-order valence-electron chi connectivity index (χ2n) is 6.89. The number of nitrogens with one attached hydrogen (secondary N) is 1. The van der Waals surface area contributed by atoms with E-state index in [4.69, 9.17) is 9.15 Å². The fourth-order valence-electron chi connectivity index (χ4n) is 2.99. The van der Waals surface area contributed by atoms with Gasteiger partial charge in [-0.1, -0.05) is 19.4 Å². The van der Waals surface area contributed by atoms with E-state index in [1.807, 2.05) is 6.07 Å². The number of halogens is 1. The Morgan fingerprint density at radius 2 is 1.93 bits per heavy atom. The monoisotopic (exact) mass is 404 g/mol. The maximum Gasteiger partial charge on any atom is 0.255 e. The Morgan fingerprint density at radius 3 is 2.73 bits per heavy atom. The van der Waals surface area contributed by atoms with Gasteiger partial charge in [-0.3, -0.25) is 4.79 Å². The third-order valence-electron chi connectivity index (χ3n) is 4.60. The van der Waals surface area contributed by atoms with Gasteiger partial charge in [0.1, 0.15) is 17.1 Å². The number of ether oxygens (including phenoxy) is 1. The molecule has 0 atom stereocenters. The zero-order valence-corrected chi connectivity index (χ0v) is 16.5. The second-order valence-corrected chi connectivity index (χ2v) is 6.89.